The molecule has 0 aromatic carbocycles. The van der Waals surface area contributed by atoms with E-state index in [1.165, 1.54) is 116 Å². The molecule has 0 saturated carbocycles. The summed E-state index contributed by atoms with van der Waals surface area (Å²) in [6.45, 7) is 11.3. The van der Waals surface area contributed by atoms with E-state index in [-0.39, 0.29) is 31.1 Å². The van der Waals surface area contributed by atoms with Crippen LogP contribution in [0.5, 0.6) is 0 Å². The van der Waals surface area contributed by atoms with Gasteiger partial charge in [-0.3, -0.25) is 14.4 Å². The molecule has 0 N–H and O–H groups in total. The van der Waals surface area contributed by atoms with Gasteiger partial charge in [-0.25, -0.2) is 0 Å². The summed E-state index contributed by atoms with van der Waals surface area (Å²) in [7, 11) is 0. The molecule has 0 radical (unpaired) electrons. The first-order valence-electron chi connectivity index (χ1n) is 21.3. The Morgan fingerprint density at radius 1 is 0.429 bits per heavy atom. The Kier molecular flexibility index (Phi) is 35.0. The summed E-state index contributed by atoms with van der Waals surface area (Å²) in [5.74, 6) is 0.780. The molecule has 0 saturated heterocycles. The highest BCUT2D eigenvalue weighted by molar-refractivity contribution is 5.71. The predicted molar refractivity (Wildman–Crippen MR) is 206 cm³/mol. The topological polar surface area (TPSA) is 78.9 Å². The van der Waals surface area contributed by atoms with Gasteiger partial charge >= 0.3 is 17.9 Å². The molecule has 0 amide bonds. The molecule has 0 aliphatic carbocycles. The van der Waals surface area contributed by atoms with Crippen molar-refractivity contribution in [3.8, 4) is 0 Å². The Morgan fingerprint density at radius 2 is 0.776 bits per heavy atom. The second-order valence-electron chi connectivity index (χ2n) is 15.3. The zero-order valence-corrected chi connectivity index (χ0v) is 33.3. The number of esters is 3. The van der Waals surface area contributed by atoms with Gasteiger partial charge in [-0.05, 0) is 31.1 Å². The van der Waals surface area contributed by atoms with Crippen molar-refractivity contribution >= 4 is 17.9 Å². The van der Waals surface area contributed by atoms with Gasteiger partial charge in [-0.15, -0.1) is 0 Å². The van der Waals surface area contributed by atoms with Crippen molar-refractivity contribution < 1.29 is 28.6 Å². The molecule has 49 heavy (non-hydrogen) atoms. The van der Waals surface area contributed by atoms with E-state index in [2.05, 4.69) is 34.6 Å². The highest BCUT2D eigenvalue weighted by Gasteiger charge is 2.19. The van der Waals surface area contributed by atoms with Gasteiger partial charge in [0.1, 0.15) is 13.2 Å². The molecule has 2 atom stereocenters. The summed E-state index contributed by atoms with van der Waals surface area (Å²) >= 11 is 0. The molecule has 0 aliphatic rings. The molecule has 0 spiro atoms. The number of hydrogen-bond acceptors (Lipinski definition) is 6. The van der Waals surface area contributed by atoms with E-state index < -0.39 is 6.10 Å². The maximum absolute atomic E-state index is 12.6. The van der Waals surface area contributed by atoms with Crippen LogP contribution in [0.1, 0.15) is 227 Å². The van der Waals surface area contributed by atoms with E-state index >= 15 is 0 Å². The summed E-state index contributed by atoms with van der Waals surface area (Å²) in [5, 5.41) is 0. The highest BCUT2D eigenvalue weighted by Crippen LogP contribution is 2.17. The fraction of sp³-hybridized carbons (Fsp3) is 0.930. The van der Waals surface area contributed by atoms with Gasteiger partial charge in [-0.1, -0.05) is 189 Å². The van der Waals surface area contributed by atoms with Gasteiger partial charge in [0.2, 0.25) is 0 Å². The van der Waals surface area contributed by atoms with E-state index in [0.717, 1.165) is 69.6 Å². The molecule has 0 fully saturated rings. The molecule has 0 bridgehead atoms. The van der Waals surface area contributed by atoms with Crippen LogP contribution < -0.4 is 0 Å². The first-order chi connectivity index (χ1) is 23.8. The van der Waals surface area contributed by atoms with Crippen molar-refractivity contribution in [3.05, 3.63) is 0 Å². The number of hydrogen-bond donors (Lipinski definition) is 0. The van der Waals surface area contributed by atoms with Gasteiger partial charge < -0.3 is 14.2 Å². The average Bonchev–Trinajstić information content (AvgIpc) is 3.08. The molecule has 6 nitrogen and oxygen atoms in total. The van der Waals surface area contributed by atoms with Crippen molar-refractivity contribution in [2.75, 3.05) is 13.2 Å². The number of unbranched alkanes of at least 4 members (excludes halogenated alkanes) is 21. The third kappa shape index (κ3) is 36.0. The Labute approximate surface area is 304 Å². The highest BCUT2D eigenvalue weighted by atomic mass is 16.6. The van der Waals surface area contributed by atoms with Crippen LogP contribution in [0.3, 0.4) is 0 Å². The second kappa shape index (κ2) is 36.2. The van der Waals surface area contributed by atoms with Crippen molar-refractivity contribution in [1.29, 1.82) is 0 Å². The average molecular weight is 695 g/mol. The molecular formula is C43H82O6. The minimum Gasteiger partial charge on any atom is -0.462 e. The number of rotatable bonds is 37. The predicted octanol–water partition coefficient (Wildman–Crippen LogP) is 13.0. The van der Waals surface area contributed by atoms with Crippen molar-refractivity contribution in [2.24, 2.45) is 11.8 Å². The normalized spacial score (nSPS) is 12.6. The zero-order chi connectivity index (χ0) is 36.2. The lowest BCUT2D eigenvalue weighted by Gasteiger charge is -2.18. The molecule has 0 heterocycles. The number of carbonyl (C=O) groups excluding carboxylic acids is 3. The van der Waals surface area contributed by atoms with Crippen LogP contribution in [-0.2, 0) is 28.6 Å². The Hall–Kier alpha value is -1.59. The Balaban J connectivity index is 4.27. The van der Waals surface area contributed by atoms with Crippen LogP contribution in [-0.4, -0.2) is 37.2 Å². The van der Waals surface area contributed by atoms with Crippen LogP contribution in [0.15, 0.2) is 0 Å². The van der Waals surface area contributed by atoms with Crippen LogP contribution in [0.25, 0.3) is 0 Å². The van der Waals surface area contributed by atoms with Gasteiger partial charge in [0.05, 0.1) is 0 Å². The largest absolute Gasteiger partial charge is 0.462 e. The maximum atomic E-state index is 12.6. The lowest BCUT2D eigenvalue weighted by molar-refractivity contribution is -0.167. The smallest absolute Gasteiger partial charge is 0.306 e. The molecule has 290 valence electrons. The van der Waals surface area contributed by atoms with Gasteiger partial charge in [0, 0.05) is 19.3 Å². The monoisotopic (exact) mass is 695 g/mol. The van der Waals surface area contributed by atoms with Crippen LogP contribution >= 0.6 is 0 Å². The summed E-state index contributed by atoms with van der Waals surface area (Å²) < 4.78 is 16.6. The van der Waals surface area contributed by atoms with E-state index in [4.69, 9.17) is 14.2 Å². The van der Waals surface area contributed by atoms with Crippen molar-refractivity contribution in [2.45, 2.75) is 233 Å². The summed E-state index contributed by atoms with van der Waals surface area (Å²) in [5.41, 5.74) is 0. The number of ether oxygens (including phenoxy) is 3. The van der Waals surface area contributed by atoms with Gasteiger partial charge in [0.15, 0.2) is 6.10 Å². The summed E-state index contributed by atoms with van der Waals surface area (Å²) in [6, 6.07) is 0. The molecule has 6 heteroatoms. The van der Waals surface area contributed by atoms with Crippen LogP contribution in [0.2, 0.25) is 0 Å². The lowest BCUT2D eigenvalue weighted by atomic mass is 9.99. The Morgan fingerprint density at radius 3 is 1.16 bits per heavy atom. The first-order valence-corrected chi connectivity index (χ1v) is 21.3. The minimum absolute atomic E-state index is 0.0664. The lowest BCUT2D eigenvalue weighted by Crippen LogP contribution is -2.30. The van der Waals surface area contributed by atoms with E-state index in [1.807, 2.05) is 0 Å². The Bertz CT molecular complexity index is 751. The van der Waals surface area contributed by atoms with Crippen LogP contribution in [0, 0.1) is 11.8 Å². The molecular weight excluding hydrogens is 612 g/mol. The molecule has 0 aromatic heterocycles. The van der Waals surface area contributed by atoms with Gasteiger partial charge in [-0.2, -0.15) is 0 Å². The maximum Gasteiger partial charge on any atom is 0.306 e. The third-order valence-corrected chi connectivity index (χ3v) is 9.83. The summed E-state index contributed by atoms with van der Waals surface area (Å²) in [4.78, 5) is 37.4. The van der Waals surface area contributed by atoms with Crippen molar-refractivity contribution in [1.82, 2.24) is 0 Å². The third-order valence-electron chi connectivity index (χ3n) is 9.83. The second-order valence-corrected chi connectivity index (χ2v) is 15.3. The summed E-state index contributed by atoms with van der Waals surface area (Å²) in [6.07, 6.45) is 32.4. The molecule has 0 aromatic rings. The molecule has 0 rings (SSSR count). The van der Waals surface area contributed by atoms with E-state index in [1.54, 1.807) is 0 Å². The quantitative estimate of drug-likeness (QED) is 0.0366. The van der Waals surface area contributed by atoms with Gasteiger partial charge in [0.25, 0.3) is 0 Å². The van der Waals surface area contributed by atoms with E-state index in [0.29, 0.717) is 19.3 Å². The SMILES string of the molecule is CCCCCCCCCC(=O)O[C@@H](COC(=O)CCCCCCCCCCCCC(C)CC)COC(=O)CCCCCCCCCC(C)C. The van der Waals surface area contributed by atoms with Crippen molar-refractivity contribution in [3.63, 3.8) is 0 Å². The zero-order valence-electron chi connectivity index (χ0n) is 33.3. The standard InChI is InChI=1S/C43H82O6/c1-6-8-9-10-16-25-30-35-43(46)49-40(37-48-42(45)34-29-24-20-15-17-21-26-31-38(3)4)36-47-41(44)33-28-23-19-14-12-11-13-18-22-27-32-39(5)7-2/h38-40H,6-37H2,1-5H3/t39?,40-/m0/s1. The molecule has 0 aliphatic heterocycles. The molecule has 1 unspecified atom stereocenters. The fourth-order valence-electron chi connectivity index (χ4n) is 6.19. The van der Waals surface area contributed by atoms with Crippen LogP contribution in [0.4, 0.5) is 0 Å². The minimum atomic E-state index is -0.758. The fourth-order valence-corrected chi connectivity index (χ4v) is 6.19. The van der Waals surface area contributed by atoms with E-state index in [9.17, 15) is 14.4 Å². The number of carbonyl (C=O) groups is 3. The first kappa shape index (κ1) is 47.4.